The molecule has 23 heavy (non-hydrogen) atoms. The Morgan fingerprint density at radius 2 is 2.04 bits per heavy atom. The molecule has 1 aliphatic carbocycles. The molecule has 2 atom stereocenters. The number of ether oxygens (including phenoxy) is 1. The molecule has 2 unspecified atom stereocenters. The van der Waals surface area contributed by atoms with Crippen LogP contribution in [0, 0.1) is 11.8 Å². The topological polar surface area (TPSA) is 51.5 Å². The van der Waals surface area contributed by atoms with E-state index < -0.39 is 0 Å². The first kappa shape index (κ1) is 15.9. The summed E-state index contributed by atoms with van der Waals surface area (Å²) < 4.78 is 10.8. The first-order valence-electron chi connectivity index (χ1n) is 8.42. The molecule has 0 aliphatic heterocycles. The van der Waals surface area contributed by atoms with E-state index in [0.717, 1.165) is 22.3 Å². The summed E-state index contributed by atoms with van der Waals surface area (Å²) in [5.74, 6) is 1.93. The summed E-state index contributed by atoms with van der Waals surface area (Å²) in [5, 5.41) is 4.22. The minimum Gasteiger partial charge on any atom is -0.497 e. The van der Waals surface area contributed by atoms with Crippen molar-refractivity contribution in [2.24, 2.45) is 11.8 Å². The Bertz CT molecular complexity index is 681. The van der Waals surface area contributed by atoms with Crippen LogP contribution >= 0.6 is 0 Å². The van der Waals surface area contributed by atoms with Gasteiger partial charge in [0.05, 0.1) is 19.8 Å². The van der Waals surface area contributed by atoms with Gasteiger partial charge in [-0.25, -0.2) is 0 Å². The van der Waals surface area contributed by atoms with Crippen molar-refractivity contribution in [2.75, 3.05) is 7.11 Å². The van der Waals surface area contributed by atoms with Gasteiger partial charge in [0.15, 0.2) is 0 Å². The Hall–Kier alpha value is -1.97. The van der Waals surface area contributed by atoms with Crippen LogP contribution in [0.4, 0.5) is 0 Å². The van der Waals surface area contributed by atoms with Crippen LogP contribution in [0.3, 0.4) is 0 Å². The van der Waals surface area contributed by atoms with Gasteiger partial charge in [-0.2, -0.15) is 0 Å². The zero-order chi connectivity index (χ0) is 16.4. The minimum atomic E-state index is 0.0779. The van der Waals surface area contributed by atoms with Gasteiger partial charge >= 0.3 is 0 Å². The van der Waals surface area contributed by atoms with E-state index in [-0.39, 0.29) is 11.9 Å². The van der Waals surface area contributed by atoms with Crippen molar-refractivity contribution in [3.63, 3.8) is 0 Å². The number of furan rings is 1. The number of nitrogens with one attached hydrogen (secondary N) is 1. The van der Waals surface area contributed by atoms with Crippen LogP contribution in [0.1, 0.15) is 38.7 Å². The third-order valence-corrected chi connectivity index (χ3v) is 5.09. The average Bonchev–Trinajstić information content (AvgIpc) is 2.93. The van der Waals surface area contributed by atoms with Gasteiger partial charge in [0.1, 0.15) is 11.3 Å². The minimum absolute atomic E-state index is 0.0779. The molecule has 1 saturated carbocycles. The van der Waals surface area contributed by atoms with Gasteiger partial charge < -0.3 is 14.5 Å². The van der Waals surface area contributed by atoms with E-state index in [2.05, 4.69) is 19.2 Å². The molecule has 1 aromatic heterocycles. The highest BCUT2D eigenvalue weighted by molar-refractivity contribution is 5.88. The second-order valence-corrected chi connectivity index (χ2v) is 6.78. The van der Waals surface area contributed by atoms with Crippen LogP contribution < -0.4 is 10.1 Å². The third-order valence-electron chi connectivity index (χ3n) is 5.09. The summed E-state index contributed by atoms with van der Waals surface area (Å²) in [4.78, 5) is 12.5. The smallest absolute Gasteiger partial charge is 0.224 e. The quantitative estimate of drug-likeness (QED) is 0.930. The largest absolute Gasteiger partial charge is 0.497 e. The van der Waals surface area contributed by atoms with E-state index in [0.29, 0.717) is 18.3 Å². The highest BCUT2D eigenvalue weighted by Gasteiger charge is 2.29. The number of methoxy groups -OCH3 is 1. The molecular formula is C19H25NO3. The molecule has 2 aromatic rings. The molecule has 0 spiro atoms. The van der Waals surface area contributed by atoms with E-state index in [1.807, 2.05) is 18.2 Å². The number of amides is 1. The SMILES string of the molecule is COc1ccc2c(CC(=O)NC3C(C)CCCC3C)coc2c1. The summed E-state index contributed by atoms with van der Waals surface area (Å²) in [6, 6.07) is 5.98. The van der Waals surface area contributed by atoms with Crippen molar-refractivity contribution >= 4 is 16.9 Å². The molecule has 124 valence electrons. The molecule has 3 rings (SSSR count). The van der Waals surface area contributed by atoms with Crippen molar-refractivity contribution < 1.29 is 13.9 Å². The predicted octanol–water partition coefficient (Wildman–Crippen LogP) is 3.92. The van der Waals surface area contributed by atoms with Crippen LogP contribution in [-0.2, 0) is 11.2 Å². The molecule has 0 saturated heterocycles. The molecule has 1 aliphatic rings. The monoisotopic (exact) mass is 315 g/mol. The number of carbonyl (C=O) groups is 1. The van der Waals surface area contributed by atoms with E-state index >= 15 is 0 Å². The maximum Gasteiger partial charge on any atom is 0.224 e. The Morgan fingerprint density at radius 3 is 2.74 bits per heavy atom. The van der Waals surface area contributed by atoms with Crippen LogP contribution in [0.25, 0.3) is 11.0 Å². The second kappa shape index (κ2) is 6.65. The highest BCUT2D eigenvalue weighted by atomic mass is 16.5. The zero-order valence-electron chi connectivity index (χ0n) is 14.1. The van der Waals surface area contributed by atoms with Crippen LogP contribution in [0.2, 0.25) is 0 Å². The summed E-state index contributed by atoms with van der Waals surface area (Å²) >= 11 is 0. The van der Waals surface area contributed by atoms with Gasteiger partial charge in [0.25, 0.3) is 0 Å². The number of hydrogen-bond acceptors (Lipinski definition) is 3. The van der Waals surface area contributed by atoms with Gasteiger partial charge in [-0.1, -0.05) is 20.3 Å². The number of carbonyl (C=O) groups excluding carboxylic acids is 1. The summed E-state index contributed by atoms with van der Waals surface area (Å²) in [5.41, 5.74) is 1.68. The van der Waals surface area contributed by atoms with E-state index in [1.54, 1.807) is 13.4 Å². The molecule has 0 radical (unpaired) electrons. The van der Waals surface area contributed by atoms with Gasteiger partial charge in [0, 0.05) is 23.1 Å². The van der Waals surface area contributed by atoms with E-state index in [4.69, 9.17) is 9.15 Å². The maximum absolute atomic E-state index is 12.5. The van der Waals surface area contributed by atoms with Crippen LogP contribution in [0.15, 0.2) is 28.9 Å². The van der Waals surface area contributed by atoms with Gasteiger partial charge in [0.2, 0.25) is 5.91 Å². The standard InChI is InChI=1S/C19H25NO3/c1-12-5-4-6-13(2)19(12)20-18(21)9-14-11-23-17-10-15(22-3)7-8-16(14)17/h7-8,10-13,19H,4-6,9H2,1-3H3,(H,20,21). The lowest BCUT2D eigenvalue weighted by molar-refractivity contribution is -0.122. The van der Waals surface area contributed by atoms with Gasteiger partial charge in [-0.3, -0.25) is 4.79 Å². The number of benzene rings is 1. The summed E-state index contributed by atoms with van der Waals surface area (Å²) in [6.45, 7) is 4.47. The lowest BCUT2D eigenvalue weighted by Crippen LogP contribution is -2.46. The predicted molar refractivity (Wildman–Crippen MR) is 90.6 cm³/mol. The number of rotatable bonds is 4. The van der Waals surface area contributed by atoms with E-state index in [9.17, 15) is 4.79 Å². The fourth-order valence-electron chi connectivity index (χ4n) is 3.70. The summed E-state index contributed by atoms with van der Waals surface area (Å²) in [6.07, 6.45) is 5.70. The Kier molecular flexibility index (Phi) is 4.60. The van der Waals surface area contributed by atoms with E-state index in [1.165, 1.54) is 19.3 Å². The van der Waals surface area contributed by atoms with Gasteiger partial charge in [-0.15, -0.1) is 0 Å². The van der Waals surface area contributed by atoms with Crippen molar-refractivity contribution in [1.82, 2.24) is 5.32 Å². The average molecular weight is 315 g/mol. The summed E-state index contributed by atoms with van der Waals surface area (Å²) in [7, 11) is 1.63. The molecule has 1 aromatic carbocycles. The van der Waals surface area contributed by atoms with Crippen LogP contribution in [0.5, 0.6) is 5.75 Å². The lowest BCUT2D eigenvalue weighted by atomic mass is 9.78. The number of fused-ring (bicyclic) bond motifs is 1. The molecule has 4 heteroatoms. The third kappa shape index (κ3) is 3.36. The van der Waals surface area contributed by atoms with Crippen molar-refractivity contribution in [1.29, 1.82) is 0 Å². The Morgan fingerprint density at radius 1 is 1.30 bits per heavy atom. The van der Waals surface area contributed by atoms with Crippen molar-refractivity contribution in [3.05, 3.63) is 30.0 Å². The highest BCUT2D eigenvalue weighted by Crippen LogP contribution is 2.29. The molecule has 0 bridgehead atoms. The zero-order valence-corrected chi connectivity index (χ0v) is 14.1. The Labute approximate surface area is 137 Å². The molecule has 1 fully saturated rings. The fourth-order valence-corrected chi connectivity index (χ4v) is 3.70. The number of hydrogen-bond donors (Lipinski definition) is 1. The maximum atomic E-state index is 12.5. The molecule has 1 N–H and O–H groups in total. The second-order valence-electron chi connectivity index (χ2n) is 6.78. The molecule has 4 nitrogen and oxygen atoms in total. The van der Waals surface area contributed by atoms with Crippen LogP contribution in [-0.4, -0.2) is 19.1 Å². The molecular weight excluding hydrogens is 290 g/mol. The molecule has 1 heterocycles. The van der Waals surface area contributed by atoms with Crippen molar-refractivity contribution in [3.8, 4) is 5.75 Å². The lowest BCUT2D eigenvalue weighted by Gasteiger charge is -2.35. The molecule has 1 amide bonds. The fraction of sp³-hybridized carbons (Fsp3) is 0.526. The first-order chi connectivity index (χ1) is 11.1. The Balaban J connectivity index is 1.70. The van der Waals surface area contributed by atoms with Gasteiger partial charge in [-0.05, 0) is 36.8 Å². The first-order valence-corrected chi connectivity index (χ1v) is 8.42. The van der Waals surface area contributed by atoms with Crippen molar-refractivity contribution in [2.45, 2.75) is 45.6 Å². The normalized spacial score (nSPS) is 24.6.